The first kappa shape index (κ1) is 17.2. The summed E-state index contributed by atoms with van der Waals surface area (Å²) < 4.78 is 10.8. The summed E-state index contributed by atoms with van der Waals surface area (Å²) in [6.45, 7) is 4.77. The molecular formula is C17H28N4O3. The van der Waals surface area contributed by atoms with Gasteiger partial charge in [0.1, 0.15) is 0 Å². The smallest absolute Gasteiger partial charge is 0.318 e. The maximum Gasteiger partial charge on any atom is 0.318 e. The topological polar surface area (TPSA) is 80.5 Å². The molecule has 1 aromatic rings. The van der Waals surface area contributed by atoms with Gasteiger partial charge in [-0.1, -0.05) is 31.8 Å². The van der Waals surface area contributed by atoms with Crippen LogP contribution in [0.15, 0.2) is 4.52 Å². The summed E-state index contributed by atoms with van der Waals surface area (Å²) in [4.78, 5) is 19.1. The summed E-state index contributed by atoms with van der Waals surface area (Å²) in [5.74, 6) is 1.45. The Morgan fingerprint density at radius 2 is 2.08 bits per heavy atom. The summed E-state index contributed by atoms with van der Waals surface area (Å²) in [6, 6.07) is -0.0397. The Balaban J connectivity index is 1.66. The second-order valence-electron chi connectivity index (χ2n) is 7.11. The molecular weight excluding hydrogens is 308 g/mol. The molecule has 7 heteroatoms. The number of hydrogen-bond acceptors (Lipinski definition) is 5. The number of likely N-dealkylation sites (tertiary alicyclic amines) is 1. The molecule has 24 heavy (non-hydrogen) atoms. The Hall–Kier alpha value is -1.63. The van der Waals surface area contributed by atoms with Gasteiger partial charge in [-0.3, -0.25) is 0 Å². The Bertz CT molecular complexity index is 560. The zero-order chi connectivity index (χ0) is 17.1. The van der Waals surface area contributed by atoms with Crippen LogP contribution in [0.5, 0.6) is 0 Å². The highest BCUT2D eigenvalue weighted by Crippen LogP contribution is 2.31. The highest BCUT2D eigenvalue weighted by Gasteiger charge is 2.36. The largest absolute Gasteiger partial charge is 0.379 e. The van der Waals surface area contributed by atoms with Crippen molar-refractivity contribution in [1.82, 2.24) is 20.4 Å². The molecule has 2 fully saturated rings. The van der Waals surface area contributed by atoms with Gasteiger partial charge in [0, 0.05) is 19.6 Å². The van der Waals surface area contributed by atoms with Crippen LogP contribution in [0.4, 0.5) is 4.79 Å². The molecule has 1 saturated heterocycles. The Kier molecular flexibility index (Phi) is 5.38. The van der Waals surface area contributed by atoms with Crippen molar-refractivity contribution in [3.8, 4) is 0 Å². The van der Waals surface area contributed by atoms with E-state index in [0.717, 1.165) is 45.1 Å². The van der Waals surface area contributed by atoms with Gasteiger partial charge in [0.25, 0.3) is 0 Å². The number of nitrogens with zero attached hydrogens (tertiary/aromatic N) is 3. The standard InChI is InChI=1S/C17H28N4O3/c1-11(2)16-19-15(20-24-16)13-8-6-10-21(13)17(22)18-12-7-4-5-9-14(12)23-3/h11-14H,4-10H2,1-3H3,(H,18,22)/t12-,13?,14-/m0/s1. The van der Waals surface area contributed by atoms with Crippen LogP contribution in [0.25, 0.3) is 0 Å². The minimum atomic E-state index is -0.0918. The van der Waals surface area contributed by atoms with E-state index < -0.39 is 0 Å². The fraction of sp³-hybridized carbons (Fsp3) is 0.824. The van der Waals surface area contributed by atoms with Gasteiger partial charge in [0.2, 0.25) is 5.89 Å². The number of carbonyl (C=O) groups is 1. The van der Waals surface area contributed by atoms with Crippen LogP contribution < -0.4 is 5.32 Å². The number of nitrogens with one attached hydrogen (secondary N) is 1. The van der Waals surface area contributed by atoms with Gasteiger partial charge in [-0.05, 0) is 25.7 Å². The van der Waals surface area contributed by atoms with Crippen LogP contribution in [-0.2, 0) is 4.74 Å². The SMILES string of the molecule is CO[C@H]1CCCC[C@@H]1NC(=O)N1CCCC1c1noc(C(C)C)n1. The summed E-state index contributed by atoms with van der Waals surface area (Å²) in [5.41, 5.74) is 0. The lowest BCUT2D eigenvalue weighted by atomic mass is 9.92. The number of methoxy groups -OCH3 is 1. The lowest BCUT2D eigenvalue weighted by Gasteiger charge is -2.33. The summed E-state index contributed by atoms with van der Waals surface area (Å²) in [5, 5.41) is 7.26. The third kappa shape index (κ3) is 3.55. The second kappa shape index (κ2) is 7.51. The molecule has 134 valence electrons. The fourth-order valence-corrected chi connectivity index (χ4v) is 3.68. The predicted molar refractivity (Wildman–Crippen MR) is 88.7 cm³/mol. The zero-order valence-corrected chi connectivity index (χ0v) is 14.8. The van der Waals surface area contributed by atoms with Gasteiger partial charge in [-0.2, -0.15) is 4.98 Å². The quantitative estimate of drug-likeness (QED) is 0.914. The van der Waals surface area contributed by atoms with Crippen molar-refractivity contribution in [3.63, 3.8) is 0 Å². The van der Waals surface area contributed by atoms with Gasteiger partial charge in [-0.25, -0.2) is 4.79 Å². The van der Waals surface area contributed by atoms with Crippen LogP contribution >= 0.6 is 0 Å². The van der Waals surface area contributed by atoms with E-state index in [1.165, 1.54) is 0 Å². The maximum atomic E-state index is 12.8. The number of carbonyl (C=O) groups excluding carboxylic acids is 1. The first-order valence-corrected chi connectivity index (χ1v) is 9.03. The number of hydrogen-bond donors (Lipinski definition) is 1. The number of amides is 2. The molecule has 2 heterocycles. The second-order valence-corrected chi connectivity index (χ2v) is 7.11. The van der Waals surface area contributed by atoms with E-state index in [0.29, 0.717) is 11.7 Å². The molecule has 2 amide bonds. The molecule has 1 saturated carbocycles. The molecule has 0 radical (unpaired) electrons. The molecule has 1 aliphatic heterocycles. The molecule has 0 aromatic carbocycles. The molecule has 3 rings (SSSR count). The molecule has 3 atom stereocenters. The summed E-state index contributed by atoms with van der Waals surface area (Å²) >= 11 is 0. The predicted octanol–water partition coefficient (Wildman–Crippen LogP) is 3.00. The lowest BCUT2D eigenvalue weighted by molar-refractivity contribution is 0.0427. The van der Waals surface area contributed by atoms with Gasteiger partial charge >= 0.3 is 6.03 Å². The molecule has 1 N–H and O–H groups in total. The Morgan fingerprint density at radius 1 is 1.29 bits per heavy atom. The normalized spacial score (nSPS) is 27.7. The Morgan fingerprint density at radius 3 is 2.79 bits per heavy atom. The minimum Gasteiger partial charge on any atom is -0.379 e. The van der Waals surface area contributed by atoms with Crippen molar-refractivity contribution in [2.75, 3.05) is 13.7 Å². The number of aromatic nitrogens is 2. The molecule has 7 nitrogen and oxygen atoms in total. The van der Waals surface area contributed by atoms with Crippen LogP contribution in [0, 0.1) is 0 Å². The van der Waals surface area contributed by atoms with Crippen LogP contribution in [0.2, 0.25) is 0 Å². The highest BCUT2D eigenvalue weighted by atomic mass is 16.5. The van der Waals surface area contributed by atoms with Crippen LogP contribution in [0.1, 0.15) is 76.0 Å². The van der Waals surface area contributed by atoms with Crippen LogP contribution in [0.3, 0.4) is 0 Å². The van der Waals surface area contributed by atoms with Gasteiger partial charge in [0.05, 0.1) is 18.2 Å². The van der Waals surface area contributed by atoms with E-state index in [-0.39, 0.29) is 30.1 Å². The average molecular weight is 336 g/mol. The van der Waals surface area contributed by atoms with Crippen molar-refractivity contribution in [2.45, 2.75) is 76.5 Å². The van der Waals surface area contributed by atoms with Gasteiger partial charge < -0.3 is 19.5 Å². The first-order chi connectivity index (χ1) is 11.6. The van der Waals surface area contributed by atoms with Gasteiger partial charge in [0.15, 0.2) is 5.82 Å². The number of urea groups is 1. The third-order valence-electron chi connectivity index (χ3n) is 5.08. The maximum absolute atomic E-state index is 12.8. The summed E-state index contributed by atoms with van der Waals surface area (Å²) in [7, 11) is 1.72. The van der Waals surface area contributed by atoms with Crippen molar-refractivity contribution in [3.05, 3.63) is 11.7 Å². The van der Waals surface area contributed by atoms with E-state index in [2.05, 4.69) is 15.5 Å². The monoisotopic (exact) mass is 336 g/mol. The summed E-state index contributed by atoms with van der Waals surface area (Å²) in [6.07, 6.45) is 6.23. The Labute approximate surface area is 143 Å². The molecule has 1 aliphatic carbocycles. The molecule has 2 aliphatic rings. The average Bonchev–Trinajstić information content (AvgIpc) is 3.24. The number of rotatable bonds is 4. The fourth-order valence-electron chi connectivity index (χ4n) is 3.68. The molecule has 0 bridgehead atoms. The van der Waals surface area contributed by atoms with Crippen LogP contribution in [-0.4, -0.2) is 46.9 Å². The molecule has 0 spiro atoms. The lowest BCUT2D eigenvalue weighted by Crippen LogP contribution is -2.50. The van der Waals surface area contributed by atoms with Crippen molar-refractivity contribution in [1.29, 1.82) is 0 Å². The van der Waals surface area contributed by atoms with Crippen molar-refractivity contribution >= 4 is 6.03 Å². The van der Waals surface area contributed by atoms with E-state index in [1.54, 1.807) is 7.11 Å². The zero-order valence-electron chi connectivity index (χ0n) is 14.8. The van der Waals surface area contributed by atoms with E-state index >= 15 is 0 Å². The van der Waals surface area contributed by atoms with E-state index in [9.17, 15) is 4.79 Å². The minimum absolute atomic E-state index is 0.0395. The van der Waals surface area contributed by atoms with Crippen molar-refractivity contribution in [2.24, 2.45) is 0 Å². The van der Waals surface area contributed by atoms with E-state index in [4.69, 9.17) is 9.26 Å². The first-order valence-electron chi connectivity index (χ1n) is 9.03. The third-order valence-corrected chi connectivity index (χ3v) is 5.08. The number of ether oxygens (including phenoxy) is 1. The van der Waals surface area contributed by atoms with E-state index in [1.807, 2.05) is 18.7 Å². The molecule has 1 unspecified atom stereocenters. The molecule has 1 aromatic heterocycles. The highest BCUT2D eigenvalue weighted by molar-refractivity contribution is 5.75. The van der Waals surface area contributed by atoms with Gasteiger partial charge in [-0.15, -0.1) is 0 Å². The van der Waals surface area contributed by atoms with Crippen molar-refractivity contribution < 1.29 is 14.1 Å².